The summed E-state index contributed by atoms with van der Waals surface area (Å²) in [5.41, 5.74) is 4.91. The Bertz CT molecular complexity index is 353. The third kappa shape index (κ3) is 4.13. The number of primary amides is 1. The molecule has 0 radical (unpaired) electrons. The minimum absolute atomic E-state index is 0.412. The van der Waals surface area contributed by atoms with Gasteiger partial charge in [-0.2, -0.15) is 0 Å². The number of urea groups is 1. The Kier molecular flexibility index (Phi) is 4.50. The number of carbonyl (C=O) groups is 3. The number of nitrogens with zero attached hydrogens (tertiary/aromatic N) is 1. The van der Waals surface area contributed by atoms with Gasteiger partial charge in [0.1, 0.15) is 6.04 Å². The third-order valence-electron chi connectivity index (χ3n) is 2.35. The summed E-state index contributed by atoms with van der Waals surface area (Å²) in [6, 6.07) is -1.77. The Morgan fingerprint density at radius 3 is 2.59 bits per heavy atom. The zero-order valence-corrected chi connectivity index (χ0v) is 9.26. The van der Waals surface area contributed by atoms with Crippen molar-refractivity contribution < 1.29 is 19.5 Å². The number of nitrogens with one attached hydrogen (secondary N) is 1. The lowest BCUT2D eigenvalue weighted by Crippen LogP contribution is -2.50. The predicted molar refractivity (Wildman–Crippen MR) is 59.1 cm³/mol. The van der Waals surface area contributed by atoms with E-state index in [1.165, 1.54) is 4.90 Å². The quantitative estimate of drug-likeness (QED) is 0.564. The molecule has 1 rings (SSSR count). The summed E-state index contributed by atoms with van der Waals surface area (Å²) >= 11 is 0. The highest BCUT2D eigenvalue weighted by Crippen LogP contribution is 2.02. The predicted octanol–water partition coefficient (Wildman–Crippen LogP) is -0.713. The number of hydrogen-bond acceptors (Lipinski definition) is 3. The Morgan fingerprint density at radius 1 is 1.41 bits per heavy atom. The molecular weight excluding hydrogens is 226 g/mol. The summed E-state index contributed by atoms with van der Waals surface area (Å²) in [7, 11) is 0. The smallest absolute Gasteiger partial charge is 0.326 e. The molecule has 3 amide bonds. The molecule has 7 nitrogen and oxygen atoms in total. The first-order chi connectivity index (χ1) is 8.00. The van der Waals surface area contributed by atoms with Crippen molar-refractivity contribution >= 4 is 17.9 Å². The molecule has 0 aliphatic carbocycles. The highest BCUT2D eigenvalue weighted by atomic mass is 16.4. The number of carboxylic acids is 1. The fraction of sp³-hybridized carbons (Fsp3) is 0.500. The molecule has 94 valence electrons. The summed E-state index contributed by atoms with van der Waals surface area (Å²) in [6.45, 7) is 0.972. The van der Waals surface area contributed by atoms with E-state index in [-0.39, 0.29) is 0 Å². The van der Waals surface area contributed by atoms with Gasteiger partial charge in [-0.05, 0) is 6.42 Å². The van der Waals surface area contributed by atoms with E-state index < -0.39 is 30.4 Å². The van der Waals surface area contributed by atoms with Gasteiger partial charge in [0.2, 0.25) is 5.91 Å². The fourth-order valence-corrected chi connectivity index (χ4v) is 1.47. The number of amides is 3. The second kappa shape index (κ2) is 5.88. The molecule has 0 aromatic rings. The maximum Gasteiger partial charge on any atom is 0.326 e. The van der Waals surface area contributed by atoms with E-state index in [0.717, 1.165) is 6.42 Å². The maximum absolute atomic E-state index is 11.7. The van der Waals surface area contributed by atoms with Crippen LogP contribution in [-0.4, -0.2) is 47.0 Å². The van der Waals surface area contributed by atoms with Crippen LogP contribution in [0.4, 0.5) is 4.79 Å². The van der Waals surface area contributed by atoms with Gasteiger partial charge in [0.15, 0.2) is 0 Å². The SMILES string of the molecule is NC(=O)CC(NC(=O)N1CC=CCC1)C(=O)O. The van der Waals surface area contributed by atoms with Crippen LogP contribution in [0.3, 0.4) is 0 Å². The number of rotatable bonds is 4. The van der Waals surface area contributed by atoms with Crippen molar-refractivity contribution in [2.75, 3.05) is 13.1 Å². The lowest BCUT2D eigenvalue weighted by Gasteiger charge is -2.25. The topological polar surface area (TPSA) is 113 Å². The molecule has 1 atom stereocenters. The lowest BCUT2D eigenvalue weighted by atomic mass is 10.2. The fourth-order valence-electron chi connectivity index (χ4n) is 1.47. The van der Waals surface area contributed by atoms with Crippen LogP contribution in [0.2, 0.25) is 0 Å². The van der Waals surface area contributed by atoms with Crippen LogP contribution in [0.25, 0.3) is 0 Å². The summed E-state index contributed by atoms with van der Waals surface area (Å²) in [4.78, 5) is 34.6. The van der Waals surface area contributed by atoms with Gasteiger partial charge in [0, 0.05) is 13.1 Å². The molecule has 7 heteroatoms. The zero-order chi connectivity index (χ0) is 12.8. The van der Waals surface area contributed by atoms with Gasteiger partial charge < -0.3 is 21.1 Å². The summed E-state index contributed by atoms with van der Waals surface area (Å²) < 4.78 is 0. The number of aliphatic carboxylic acids is 1. The summed E-state index contributed by atoms with van der Waals surface area (Å²) in [5.74, 6) is -2.04. The Morgan fingerprint density at radius 2 is 2.12 bits per heavy atom. The van der Waals surface area contributed by atoms with E-state index in [9.17, 15) is 14.4 Å². The first kappa shape index (κ1) is 13.0. The molecule has 0 saturated heterocycles. The third-order valence-corrected chi connectivity index (χ3v) is 2.35. The normalized spacial score (nSPS) is 16.4. The number of nitrogens with two attached hydrogens (primary N) is 1. The van der Waals surface area contributed by atoms with Crippen LogP contribution in [-0.2, 0) is 9.59 Å². The van der Waals surface area contributed by atoms with Crippen LogP contribution >= 0.6 is 0 Å². The van der Waals surface area contributed by atoms with Crippen LogP contribution in [0.5, 0.6) is 0 Å². The van der Waals surface area contributed by atoms with E-state index in [4.69, 9.17) is 10.8 Å². The zero-order valence-electron chi connectivity index (χ0n) is 9.26. The van der Waals surface area contributed by atoms with Crippen molar-refractivity contribution in [3.05, 3.63) is 12.2 Å². The second-order valence-corrected chi connectivity index (χ2v) is 3.72. The van der Waals surface area contributed by atoms with Gasteiger partial charge in [-0.1, -0.05) is 12.2 Å². The minimum Gasteiger partial charge on any atom is -0.480 e. The number of hydrogen-bond donors (Lipinski definition) is 3. The average molecular weight is 241 g/mol. The first-order valence-electron chi connectivity index (χ1n) is 5.22. The van der Waals surface area contributed by atoms with Crippen molar-refractivity contribution in [2.24, 2.45) is 5.73 Å². The molecule has 0 bridgehead atoms. The summed E-state index contributed by atoms with van der Waals surface area (Å²) in [6.07, 6.45) is 4.10. The molecule has 1 aliphatic heterocycles. The van der Waals surface area contributed by atoms with E-state index in [2.05, 4.69) is 5.32 Å². The Hall–Kier alpha value is -2.05. The Balaban J connectivity index is 2.54. The largest absolute Gasteiger partial charge is 0.480 e. The highest BCUT2D eigenvalue weighted by Gasteiger charge is 2.24. The van der Waals surface area contributed by atoms with Crippen LogP contribution in [0.1, 0.15) is 12.8 Å². The van der Waals surface area contributed by atoms with Gasteiger partial charge in [-0.3, -0.25) is 4.79 Å². The van der Waals surface area contributed by atoms with Gasteiger partial charge >= 0.3 is 12.0 Å². The molecule has 17 heavy (non-hydrogen) atoms. The molecular formula is C10H15N3O4. The molecule has 0 aromatic carbocycles. The van der Waals surface area contributed by atoms with E-state index >= 15 is 0 Å². The maximum atomic E-state index is 11.7. The molecule has 0 saturated carbocycles. The van der Waals surface area contributed by atoms with Crippen molar-refractivity contribution in [1.82, 2.24) is 10.2 Å². The van der Waals surface area contributed by atoms with Gasteiger partial charge in [-0.25, -0.2) is 9.59 Å². The molecule has 1 heterocycles. The van der Waals surface area contributed by atoms with Crippen molar-refractivity contribution in [3.8, 4) is 0 Å². The number of carbonyl (C=O) groups excluding carboxylic acids is 2. The van der Waals surface area contributed by atoms with Gasteiger partial charge in [0.05, 0.1) is 6.42 Å². The van der Waals surface area contributed by atoms with Crippen LogP contribution < -0.4 is 11.1 Å². The molecule has 1 unspecified atom stereocenters. The highest BCUT2D eigenvalue weighted by molar-refractivity contribution is 5.87. The van der Waals surface area contributed by atoms with Crippen molar-refractivity contribution in [1.29, 1.82) is 0 Å². The van der Waals surface area contributed by atoms with E-state index in [1.54, 1.807) is 0 Å². The molecule has 4 N–H and O–H groups in total. The van der Waals surface area contributed by atoms with Crippen molar-refractivity contribution in [3.63, 3.8) is 0 Å². The van der Waals surface area contributed by atoms with Crippen LogP contribution in [0, 0.1) is 0 Å². The average Bonchev–Trinajstić information content (AvgIpc) is 2.28. The number of carboxylic acid groups (broad SMARTS) is 1. The first-order valence-corrected chi connectivity index (χ1v) is 5.22. The molecule has 0 spiro atoms. The second-order valence-electron chi connectivity index (χ2n) is 3.72. The van der Waals surface area contributed by atoms with Crippen molar-refractivity contribution in [2.45, 2.75) is 18.9 Å². The standard InChI is InChI=1S/C10H15N3O4/c11-8(14)6-7(9(15)16)12-10(17)13-4-2-1-3-5-13/h1-2,7H,3-6H2,(H2,11,14)(H,12,17)(H,15,16). The lowest BCUT2D eigenvalue weighted by molar-refractivity contribution is -0.140. The van der Waals surface area contributed by atoms with E-state index in [1.807, 2.05) is 12.2 Å². The van der Waals surface area contributed by atoms with Gasteiger partial charge in [-0.15, -0.1) is 0 Å². The van der Waals surface area contributed by atoms with Crippen LogP contribution in [0.15, 0.2) is 12.2 Å². The Labute approximate surface area is 98.3 Å². The summed E-state index contributed by atoms with van der Waals surface area (Å²) in [5, 5.41) is 11.1. The molecule has 0 fully saturated rings. The minimum atomic E-state index is -1.27. The monoisotopic (exact) mass is 241 g/mol. The molecule has 1 aliphatic rings. The molecule has 0 aromatic heterocycles. The van der Waals surface area contributed by atoms with E-state index in [0.29, 0.717) is 13.1 Å². The van der Waals surface area contributed by atoms with Gasteiger partial charge in [0.25, 0.3) is 0 Å².